The van der Waals surface area contributed by atoms with Crippen molar-refractivity contribution in [1.29, 1.82) is 0 Å². The van der Waals surface area contributed by atoms with Crippen LogP contribution < -0.4 is 5.32 Å². The van der Waals surface area contributed by atoms with Crippen LogP contribution in [-0.2, 0) is 4.79 Å². The molecule has 0 aromatic heterocycles. The van der Waals surface area contributed by atoms with Gasteiger partial charge >= 0.3 is 0 Å². The first-order valence-electron chi connectivity index (χ1n) is 6.87. The van der Waals surface area contributed by atoms with Gasteiger partial charge in [-0.25, -0.2) is 4.39 Å². The summed E-state index contributed by atoms with van der Waals surface area (Å²) in [7, 11) is 0. The number of carbonyl (C=O) groups excluding carboxylic acids is 1. The van der Waals surface area contributed by atoms with Gasteiger partial charge < -0.3 is 5.32 Å². The molecule has 0 bridgehead atoms. The third kappa shape index (κ3) is 2.48. The van der Waals surface area contributed by atoms with Crippen LogP contribution in [0.3, 0.4) is 0 Å². The van der Waals surface area contributed by atoms with E-state index in [1.54, 1.807) is 6.07 Å². The zero-order valence-corrected chi connectivity index (χ0v) is 11.5. The Morgan fingerprint density at radius 3 is 2.74 bits per heavy atom. The average molecular weight is 282 g/mol. The zero-order valence-electron chi connectivity index (χ0n) is 10.7. The molecule has 0 saturated heterocycles. The van der Waals surface area contributed by atoms with Crippen molar-refractivity contribution in [3.05, 3.63) is 29.0 Å². The Balaban J connectivity index is 1.64. The van der Waals surface area contributed by atoms with Gasteiger partial charge in [-0.1, -0.05) is 30.9 Å². The van der Waals surface area contributed by atoms with Crippen molar-refractivity contribution in [3.63, 3.8) is 0 Å². The van der Waals surface area contributed by atoms with Gasteiger partial charge in [-0.15, -0.1) is 0 Å². The van der Waals surface area contributed by atoms with Crippen molar-refractivity contribution < 1.29 is 9.18 Å². The van der Waals surface area contributed by atoms with Crippen LogP contribution in [0.2, 0.25) is 5.02 Å². The predicted molar refractivity (Wildman–Crippen MR) is 73.7 cm³/mol. The Morgan fingerprint density at radius 2 is 2.05 bits per heavy atom. The minimum atomic E-state index is -0.498. The van der Waals surface area contributed by atoms with E-state index in [4.69, 9.17) is 11.6 Å². The van der Waals surface area contributed by atoms with E-state index in [-0.39, 0.29) is 22.3 Å². The lowest BCUT2D eigenvalue weighted by Gasteiger charge is -2.22. The minimum Gasteiger partial charge on any atom is -0.326 e. The van der Waals surface area contributed by atoms with Crippen molar-refractivity contribution in [2.45, 2.75) is 38.5 Å². The van der Waals surface area contributed by atoms with Gasteiger partial charge in [0.05, 0.1) is 5.02 Å². The highest BCUT2D eigenvalue weighted by atomic mass is 35.5. The second-order valence-corrected chi connectivity index (χ2v) is 6.21. The van der Waals surface area contributed by atoms with Gasteiger partial charge in [0, 0.05) is 11.6 Å². The molecule has 0 radical (unpaired) electrons. The van der Waals surface area contributed by atoms with Gasteiger partial charge in [-0.05, 0) is 42.9 Å². The molecule has 0 aliphatic heterocycles. The Kier molecular flexibility index (Phi) is 3.25. The molecule has 102 valence electrons. The van der Waals surface area contributed by atoms with E-state index in [0.717, 1.165) is 6.42 Å². The normalized spacial score (nSPS) is 24.2. The molecule has 1 atom stereocenters. The van der Waals surface area contributed by atoms with E-state index >= 15 is 0 Å². The minimum absolute atomic E-state index is 0.0311. The molecule has 2 aliphatic rings. The van der Waals surface area contributed by atoms with Gasteiger partial charge in [0.15, 0.2) is 0 Å². The second-order valence-electron chi connectivity index (χ2n) is 5.80. The number of nitrogens with one attached hydrogen (secondary N) is 1. The number of halogens is 2. The van der Waals surface area contributed by atoms with Crippen molar-refractivity contribution in [3.8, 4) is 0 Å². The van der Waals surface area contributed by atoms with Gasteiger partial charge in [0.1, 0.15) is 5.82 Å². The highest BCUT2D eigenvalue weighted by molar-refractivity contribution is 6.30. The molecule has 19 heavy (non-hydrogen) atoms. The quantitative estimate of drug-likeness (QED) is 0.856. The van der Waals surface area contributed by atoms with Crippen molar-refractivity contribution in [1.82, 2.24) is 0 Å². The van der Waals surface area contributed by atoms with Crippen molar-refractivity contribution >= 4 is 23.2 Å². The standard InChI is InChI=1S/C15H17ClFNO/c16-12-5-4-10(8-13(12)17)18-14(19)11-9-15(11)6-2-1-3-7-15/h4-5,8,11H,1-3,6-7,9H2,(H,18,19). The number of anilines is 1. The summed E-state index contributed by atoms with van der Waals surface area (Å²) < 4.78 is 13.3. The lowest BCUT2D eigenvalue weighted by Crippen LogP contribution is -2.20. The van der Waals surface area contributed by atoms with Crippen molar-refractivity contribution in [2.24, 2.45) is 11.3 Å². The largest absolute Gasteiger partial charge is 0.326 e. The summed E-state index contributed by atoms with van der Waals surface area (Å²) in [4.78, 5) is 12.2. The van der Waals surface area contributed by atoms with Crippen LogP contribution in [0, 0.1) is 17.2 Å². The van der Waals surface area contributed by atoms with Gasteiger partial charge in [0.25, 0.3) is 0 Å². The van der Waals surface area contributed by atoms with Gasteiger partial charge in [-0.2, -0.15) is 0 Å². The molecule has 0 heterocycles. The lowest BCUT2D eigenvalue weighted by atomic mass is 9.84. The fourth-order valence-electron chi connectivity index (χ4n) is 3.33. The number of rotatable bonds is 2. The lowest BCUT2D eigenvalue weighted by molar-refractivity contribution is -0.118. The van der Waals surface area contributed by atoms with Crippen LogP contribution in [0.1, 0.15) is 38.5 Å². The first kappa shape index (κ1) is 12.9. The van der Waals surface area contributed by atoms with E-state index in [1.165, 1.54) is 44.2 Å². The Bertz CT molecular complexity index is 511. The van der Waals surface area contributed by atoms with Crippen LogP contribution in [0.15, 0.2) is 18.2 Å². The summed E-state index contributed by atoms with van der Waals surface area (Å²) >= 11 is 5.62. The average Bonchev–Trinajstić information content (AvgIpc) is 3.08. The molecule has 1 amide bonds. The molecule has 2 saturated carbocycles. The van der Waals surface area contributed by atoms with Crippen LogP contribution in [-0.4, -0.2) is 5.91 Å². The Hall–Kier alpha value is -1.09. The van der Waals surface area contributed by atoms with E-state index < -0.39 is 5.82 Å². The highest BCUT2D eigenvalue weighted by Gasteiger charge is 2.57. The summed E-state index contributed by atoms with van der Waals surface area (Å²) in [6.07, 6.45) is 7.09. The van der Waals surface area contributed by atoms with Gasteiger partial charge in [-0.3, -0.25) is 4.79 Å². The molecule has 1 unspecified atom stereocenters. The first-order valence-corrected chi connectivity index (χ1v) is 7.24. The number of carbonyl (C=O) groups is 1. The molecule has 2 aliphatic carbocycles. The fraction of sp³-hybridized carbons (Fsp3) is 0.533. The van der Waals surface area contributed by atoms with Crippen LogP contribution in [0.5, 0.6) is 0 Å². The maximum absolute atomic E-state index is 13.3. The van der Waals surface area contributed by atoms with E-state index in [0.29, 0.717) is 5.69 Å². The summed E-state index contributed by atoms with van der Waals surface area (Å²) in [5, 5.41) is 2.88. The topological polar surface area (TPSA) is 29.1 Å². The summed E-state index contributed by atoms with van der Waals surface area (Å²) in [5.41, 5.74) is 0.748. The fourth-order valence-corrected chi connectivity index (χ4v) is 3.45. The van der Waals surface area contributed by atoms with Gasteiger partial charge in [0.2, 0.25) is 5.91 Å². The molecule has 1 aromatic carbocycles. The molecule has 2 fully saturated rings. The van der Waals surface area contributed by atoms with Crippen LogP contribution in [0.25, 0.3) is 0 Å². The molecule has 1 spiro atoms. The third-order valence-corrected chi connectivity index (χ3v) is 4.85. The second kappa shape index (κ2) is 4.78. The number of hydrogen-bond donors (Lipinski definition) is 1. The Morgan fingerprint density at radius 1 is 1.32 bits per heavy atom. The SMILES string of the molecule is O=C(Nc1ccc(Cl)c(F)c1)C1CC12CCCCC2. The van der Waals surface area contributed by atoms with E-state index in [9.17, 15) is 9.18 Å². The number of benzene rings is 1. The Labute approximate surface area is 117 Å². The smallest absolute Gasteiger partial charge is 0.228 e. The summed E-state index contributed by atoms with van der Waals surface area (Å²) in [5.74, 6) is -0.349. The maximum atomic E-state index is 13.3. The number of hydrogen-bond acceptors (Lipinski definition) is 1. The molecular formula is C15H17ClFNO. The zero-order chi connectivity index (χ0) is 13.5. The molecule has 2 nitrogen and oxygen atoms in total. The summed E-state index contributed by atoms with van der Waals surface area (Å²) in [6, 6.07) is 4.38. The number of amides is 1. The third-order valence-electron chi connectivity index (χ3n) is 4.54. The van der Waals surface area contributed by atoms with Crippen molar-refractivity contribution in [2.75, 3.05) is 5.32 Å². The van der Waals surface area contributed by atoms with E-state index in [1.807, 2.05) is 0 Å². The monoisotopic (exact) mass is 281 g/mol. The van der Waals surface area contributed by atoms with Crippen LogP contribution in [0.4, 0.5) is 10.1 Å². The molecule has 3 rings (SSSR count). The maximum Gasteiger partial charge on any atom is 0.228 e. The highest BCUT2D eigenvalue weighted by Crippen LogP contribution is 2.61. The first-order chi connectivity index (χ1) is 9.11. The van der Waals surface area contributed by atoms with E-state index in [2.05, 4.69) is 5.32 Å². The predicted octanol–water partition coefficient (Wildman–Crippen LogP) is 4.39. The molecular weight excluding hydrogens is 265 g/mol. The molecule has 1 aromatic rings. The summed E-state index contributed by atoms with van der Waals surface area (Å²) in [6.45, 7) is 0. The molecule has 4 heteroatoms. The molecule has 1 N–H and O–H groups in total. The van der Waals surface area contributed by atoms with Crippen LogP contribution >= 0.6 is 11.6 Å².